The number of para-hydroxylation sites is 1. The second kappa shape index (κ2) is 8.68. The molecule has 6 heteroatoms. The Hall–Kier alpha value is -2.86. The Morgan fingerprint density at radius 3 is 2.59 bits per heavy atom. The number of carboxylic acids is 1. The van der Waals surface area contributed by atoms with Crippen LogP contribution in [0.4, 0.5) is 0 Å². The van der Waals surface area contributed by atoms with Crippen LogP contribution in [0.5, 0.6) is 11.5 Å². The van der Waals surface area contributed by atoms with Crippen LogP contribution in [-0.2, 0) is 6.42 Å². The zero-order chi connectivity index (χ0) is 19.2. The summed E-state index contributed by atoms with van der Waals surface area (Å²) in [7, 11) is 1.59. The summed E-state index contributed by atoms with van der Waals surface area (Å²) in [5.41, 5.74) is 2.51. The third-order valence-electron chi connectivity index (χ3n) is 4.12. The monoisotopic (exact) mass is 383 g/mol. The van der Waals surface area contributed by atoms with E-state index in [1.165, 1.54) is 5.56 Å². The highest BCUT2D eigenvalue weighted by molar-refractivity contribution is 7.17. The van der Waals surface area contributed by atoms with Crippen molar-refractivity contribution in [2.75, 3.05) is 13.7 Å². The molecular weight excluding hydrogens is 362 g/mol. The lowest BCUT2D eigenvalue weighted by atomic mass is 10.1. The van der Waals surface area contributed by atoms with Crippen molar-refractivity contribution in [1.29, 1.82) is 0 Å². The van der Waals surface area contributed by atoms with E-state index in [0.717, 1.165) is 29.7 Å². The first-order valence-electron chi connectivity index (χ1n) is 8.65. The predicted molar refractivity (Wildman–Crippen MR) is 106 cm³/mol. The predicted octanol–water partition coefficient (Wildman–Crippen LogP) is 4.84. The van der Waals surface area contributed by atoms with Gasteiger partial charge in [-0.2, -0.15) is 0 Å². The number of aromatic nitrogens is 1. The number of aryl methyl sites for hydroxylation is 2. The Bertz CT molecular complexity index is 921. The Balaban J connectivity index is 1.79. The van der Waals surface area contributed by atoms with Crippen LogP contribution in [0.1, 0.15) is 27.3 Å². The van der Waals surface area contributed by atoms with Crippen LogP contribution in [0.25, 0.3) is 10.6 Å². The molecule has 0 aliphatic heterocycles. The number of hydrogen-bond acceptors (Lipinski definition) is 5. The molecule has 2 aromatic carbocycles. The third kappa shape index (κ3) is 4.46. The molecule has 0 fully saturated rings. The minimum atomic E-state index is -0.968. The van der Waals surface area contributed by atoms with Gasteiger partial charge < -0.3 is 14.6 Å². The summed E-state index contributed by atoms with van der Waals surface area (Å²) >= 11 is 1.14. The summed E-state index contributed by atoms with van der Waals surface area (Å²) in [5, 5.41) is 9.90. The van der Waals surface area contributed by atoms with Gasteiger partial charge in [-0.25, -0.2) is 9.78 Å². The molecule has 0 aliphatic rings. The van der Waals surface area contributed by atoms with Crippen molar-refractivity contribution in [3.05, 3.63) is 64.7 Å². The van der Waals surface area contributed by atoms with Gasteiger partial charge in [0.2, 0.25) is 0 Å². The topological polar surface area (TPSA) is 68.7 Å². The van der Waals surface area contributed by atoms with E-state index in [1.807, 2.05) is 36.4 Å². The van der Waals surface area contributed by atoms with Crippen molar-refractivity contribution in [2.45, 2.75) is 19.8 Å². The summed E-state index contributed by atoms with van der Waals surface area (Å²) in [6.07, 6.45) is 1.78. The molecule has 0 amide bonds. The van der Waals surface area contributed by atoms with Crippen molar-refractivity contribution in [1.82, 2.24) is 4.98 Å². The number of rotatable bonds is 8. The maximum absolute atomic E-state index is 11.3. The first-order valence-corrected chi connectivity index (χ1v) is 9.46. The second-order valence-electron chi connectivity index (χ2n) is 6.01. The summed E-state index contributed by atoms with van der Waals surface area (Å²) in [6, 6.07) is 15.8. The summed E-state index contributed by atoms with van der Waals surface area (Å²) in [6.45, 7) is 2.22. The van der Waals surface area contributed by atoms with E-state index in [4.69, 9.17) is 9.47 Å². The number of ether oxygens (including phenoxy) is 2. The van der Waals surface area contributed by atoms with Crippen LogP contribution < -0.4 is 9.47 Å². The molecule has 0 saturated carbocycles. The number of nitrogens with zero attached hydrogens (tertiary/aromatic N) is 1. The molecule has 0 bridgehead atoms. The highest BCUT2D eigenvalue weighted by Crippen LogP contribution is 2.40. The fourth-order valence-electron chi connectivity index (χ4n) is 2.80. The number of thiazole rings is 1. The standard InChI is InChI=1S/C21H21NO4S/c1-14-19(21(23)24)27-20(22-14)16-11-6-12-17(25-2)18(16)26-13-7-10-15-8-4-3-5-9-15/h3-6,8-9,11-12H,7,10,13H2,1-2H3,(H,23,24). The number of aromatic carboxylic acids is 1. The Labute approximate surface area is 162 Å². The lowest BCUT2D eigenvalue weighted by Gasteiger charge is -2.14. The van der Waals surface area contributed by atoms with E-state index < -0.39 is 5.97 Å². The van der Waals surface area contributed by atoms with Crippen molar-refractivity contribution in [2.24, 2.45) is 0 Å². The Kier molecular flexibility index (Phi) is 6.08. The Morgan fingerprint density at radius 2 is 1.93 bits per heavy atom. The molecule has 0 aliphatic carbocycles. The quantitative estimate of drug-likeness (QED) is 0.564. The highest BCUT2D eigenvalue weighted by atomic mass is 32.1. The van der Waals surface area contributed by atoms with Crippen LogP contribution in [0.2, 0.25) is 0 Å². The first-order chi connectivity index (χ1) is 13.1. The van der Waals surface area contributed by atoms with Crippen LogP contribution in [0.15, 0.2) is 48.5 Å². The summed E-state index contributed by atoms with van der Waals surface area (Å²) in [5.74, 6) is 0.236. The van der Waals surface area contributed by atoms with Crippen molar-refractivity contribution in [3.63, 3.8) is 0 Å². The molecule has 0 unspecified atom stereocenters. The maximum atomic E-state index is 11.3. The van der Waals surface area contributed by atoms with Gasteiger partial charge >= 0.3 is 5.97 Å². The molecule has 5 nitrogen and oxygen atoms in total. The smallest absolute Gasteiger partial charge is 0.347 e. The minimum Gasteiger partial charge on any atom is -0.493 e. The average Bonchev–Trinajstić information content (AvgIpc) is 3.07. The van der Waals surface area contributed by atoms with Crippen molar-refractivity contribution < 1.29 is 19.4 Å². The van der Waals surface area contributed by atoms with Gasteiger partial charge in [-0.3, -0.25) is 0 Å². The van der Waals surface area contributed by atoms with E-state index in [1.54, 1.807) is 14.0 Å². The number of benzene rings is 2. The molecule has 3 rings (SSSR count). The zero-order valence-corrected chi connectivity index (χ0v) is 16.1. The number of hydrogen-bond donors (Lipinski definition) is 1. The number of carboxylic acid groups (broad SMARTS) is 1. The highest BCUT2D eigenvalue weighted by Gasteiger charge is 2.19. The van der Waals surface area contributed by atoms with E-state index in [-0.39, 0.29) is 4.88 Å². The van der Waals surface area contributed by atoms with Gasteiger partial charge in [0.05, 0.1) is 25.0 Å². The molecule has 3 aromatic rings. The van der Waals surface area contributed by atoms with Crippen LogP contribution >= 0.6 is 11.3 Å². The van der Waals surface area contributed by atoms with Gasteiger partial charge in [0.15, 0.2) is 11.5 Å². The second-order valence-corrected chi connectivity index (χ2v) is 7.01. The fourth-order valence-corrected chi connectivity index (χ4v) is 3.73. The van der Waals surface area contributed by atoms with Gasteiger partial charge in [0.1, 0.15) is 9.88 Å². The lowest BCUT2D eigenvalue weighted by molar-refractivity contribution is 0.0701. The van der Waals surface area contributed by atoms with Gasteiger partial charge in [0.25, 0.3) is 0 Å². The van der Waals surface area contributed by atoms with Gasteiger partial charge in [-0.15, -0.1) is 11.3 Å². The lowest BCUT2D eigenvalue weighted by Crippen LogP contribution is -2.02. The van der Waals surface area contributed by atoms with Crippen LogP contribution in [0.3, 0.4) is 0 Å². The van der Waals surface area contributed by atoms with E-state index in [9.17, 15) is 9.90 Å². The molecule has 140 valence electrons. The van der Waals surface area contributed by atoms with E-state index in [0.29, 0.717) is 28.8 Å². The molecule has 27 heavy (non-hydrogen) atoms. The van der Waals surface area contributed by atoms with Gasteiger partial charge in [-0.1, -0.05) is 36.4 Å². The van der Waals surface area contributed by atoms with E-state index in [2.05, 4.69) is 17.1 Å². The van der Waals surface area contributed by atoms with Gasteiger partial charge in [0, 0.05) is 0 Å². The van der Waals surface area contributed by atoms with Gasteiger partial charge in [-0.05, 0) is 37.5 Å². The maximum Gasteiger partial charge on any atom is 0.347 e. The first kappa shape index (κ1) is 18.9. The molecule has 0 saturated heterocycles. The average molecular weight is 383 g/mol. The minimum absolute atomic E-state index is 0.239. The molecule has 1 aromatic heterocycles. The largest absolute Gasteiger partial charge is 0.493 e. The zero-order valence-electron chi connectivity index (χ0n) is 15.3. The summed E-state index contributed by atoms with van der Waals surface area (Å²) < 4.78 is 11.5. The normalized spacial score (nSPS) is 10.6. The third-order valence-corrected chi connectivity index (χ3v) is 5.30. The molecular formula is C21H21NO4S. The molecule has 0 atom stereocenters. The molecule has 1 heterocycles. The fraction of sp³-hybridized carbons (Fsp3) is 0.238. The molecule has 0 radical (unpaired) electrons. The number of methoxy groups -OCH3 is 1. The molecule has 0 spiro atoms. The molecule has 1 N–H and O–H groups in total. The summed E-state index contributed by atoms with van der Waals surface area (Å²) in [4.78, 5) is 16.0. The van der Waals surface area contributed by atoms with Crippen LogP contribution in [-0.4, -0.2) is 29.8 Å². The Morgan fingerprint density at radius 1 is 1.15 bits per heavy atom. The van der Waals surface area contributed by atoms with Crippen LogP contribution in [0, 0.1) is 6.92 Å². The van der Waals surface area contributed by atoms with Crippen molar-refractivity contribution in [3.8, 4) is 22.1 Å². The van der Waals surface area contributed by atoms with E-state index >= 15 is 0 Å². The number of carbonyl (C=O) groups is 1. The SMILES string of the molecule is COc1cccc(-c2nc(C)c(C(=O)O)s2)c1OCCCc1ccccc1. The van der Waals surface area contributed by atoms with Crippen molar-refractivity contribution >= 4 is 17.3 Å².